The largest absolute Gasteiger partial charge is 0.508 e. The van der Waals surface area contributed by atoms with Crippen molar-refractivity contribution in [2.75, 3.05) is 5.75 Å². The number of benzene rings is 1. The molecule has 1 aromatic carbocycles. The molecular weight excluding hydrogens is 496 g/mol. The van der Waals surface area contributed by atoms with Crippen LogP contribution in [0.2, 0.25) is 0 Å². The van der Waals surface area contributed by atoms with Gasteiger partial charge in [0.05, 0.1) is 12.5 Å². The van der Waals surface area contributed by atoms with Crippen molar-refractivity contribution in [2.24, 2.45) is 17.2 Å². The van der Waals surface area contributed by atoms with E-state index in [1.165, 1.54) is 12.1 Å². The maximum atomic E-state index is 12.8. The number of nitrogens with one attached hydrogen (secondary N) is 3. The zero-order valence-electron chi connectivity index (χ0n) is 19.2. The third-order valence-electron chi connectivity index (χ3n) is 4.88. The van der Waals surface area contributed by atoms with Crippen molar-refractivity contribution in [1.29, 1.82) is 0 Å². The fourth-order valence-corrected chi connectivity index (χ4v) is 3.21. The number of primary amides is 2. The van der Waals surface area contributed by atoms with Crippen LogP contribution >= 0.6 is 12.6 Å². The molecule has 11 N–H and O–H groups in total. The number of thiol groups is 1. The summed E-state index contributed by atoms with van der Waals surface area (Å²) in [5.41, 5.74) is 16.7. The average Bonchev–Trinajstić information content (AvgIpc) is 2.80. The number of hydrogen-bond donors (Lipinski definition) is 9. The van der Waals surface area contributed by atoms with E-state index in [2.05, 4.69) is 28.6 Å². The molecule has 14 nitrogen and oxygen atoms in total. The first-order valence-electron chi connectivity index (χ1n) is 10.7. The molecule has 15 heteroatoms. The highest BCUT2D eigenvalue weighted by Gasteiger charge is 2.30. The molecule has 1 rings (SSSR count). The second-order valence-electron chi connectivity index (χ2n) is 7.86. The lowest BCUT2D eigenvalue weighted by Gasteiger charge is -2.24. The van der Waals surface area contributed by atoms with Crippen molar-refractivity contribution in [2.45, 2.75) is 49.9 Å². The first kappa shape index (κ1) is 30.2. The molecule has 4 atom stereocenters. The van der Waals surface area contributed by atoms with E-state index in [1.807, 2.05) is 0 Å². The maximum Gasteiger partial charge on any atom is 0.326 e. The van der Waals surface area contributed by atoms with Gasteiger partial charge in [-0.3, -0.25) is 24.0 Å². The van der Waals surface area contributed by atoms with E-state index in [0.29, 0.717) is 5.56 Å². The monoisotopic (exact) mass is 526 g/mol. The molecule has 0 spiro atoms. The lowest BCUT2D eigenvalue weighted by atomic mass is 10.0. The Balaban J connectivity index is 2.89. The van der Waals surface area contributed by atoms with Crippen molar-refractivity contribution in [1.82, 2.24) is 16.0 Å². The number of carboxylic acid groups (broad SMARTS) is 1. The Morgan fingerprint density at radius 3 is 1.86 bits per heavy atom. The fraction of sp³-hybridized carbons (Fsp3) is 0.429. The van der Waals surface area contributed by atoms with Crippen LogP contribution in [-0.4, -0.2) is 75.6 Å². The Hall–Kier alpha value is -3.85. The Morgan fingerprint density at radius 2 is 1.36 bits per heavy atom. The minimum atomic E-state index is -1.63. The number of phenols is 1. The van der Waals surface area contributed by atoms with Gasteiger partial charge in [-0.1, -0.05) is 12.1 Å². The molecule has 4 unspecified atom stereocenters. The summed E-state index contributed by atoms with van der Waals surface area (Å²) in [6.45, 7) is 0. The number of amides is 5. The fourth-order valence-electron chi connectivity index (χ4n) is 2.95. The summed E-state index contributed by atoms with van der Waals surface area (Å²) >= 11 is 3.98. The van der Waals surface area contributed by atoms with Gasteiger partial charge in [0, 0.05) is 12.2 Å². The van der Waals surface area contributed by atoms with E-state index in [1.54, 1.807) is 12.1 Å². The zero-order chi connectivity index (χ0) is 27.4. The first-order valence-corrected chi connectivity index (χ1v) is 11.3. The molecule has 0 heterocycles. The number of carbonyl (C=O) groups excluding carboxylic acids is 5. The van der Waals surface area contributed by atoms with Crippen LogP contribution in [0.15, 0.2) is 24.3 Å². The number of hydrogen-bond acceptors (Lipinski definition) is 9. The number of phenolic OH excluding ortho intramolecular Hbond substituents is 1. The van der Waals surface area contributed by atoms with Gasteiger partial charge < -0.3 is 43.4 Å². The molecule has 0 aliphatic rings. The second kappa shape index (κ2) is 14.5. The van der Waals surface area contributed by atoms with Crippen molar-refractivity contribution < 1.29 is 39.0 Å². The molecule has 0 aliphatic carbocycles. The molecule has 198 valence electrons. The number of carboxylic acids is 1. The summed E-state index contributed by atoms with van der Waals surface area (Å²) < 4.78 is 0. The predicted molar refractivity (Wildman–Crippen MR) is 129 cm³/mol. The molecule has 0 saturated carbocycles. The standard InChI is InChI=1S/C21H30N6O8S/c22-12(7-10-1-3-11(28)4-2-10)18(31)25-13(5-6-16(23)29)19(32)27-15(9-36)20(33)26-14(21(34)35)8-17(24)30/h1-4,12-15,28,36H,5-9,22H2,(H2,23,29)(H2,24,30)(H,25,31)(H,26,33)(H,27,32)(H,34,35). The number of carbonyl (C=O) groups is 6. The van der Waals surface area contributed by atoms with Gasteiger partial charge in [0.15, 0.2) is 0 Å². The second-order valence-corrected chi connectivity index (χ2v) is 8.22. The lowest BCUT2D eigenvalue weighted by molar-refractivity contribution is -0.143. The number of nitrogens with two attached hydrogens (primary N) is 3. The molecule has 0 fully saturated rings. The summed E-state index contributed by atoms with van der Waals surface area (Å²) in [6.07, 6.45) is -1.08. The molecule has 0 aromatic heterocycles. The van der Waals surface area contributed by atoms with Crippen molar-refractivity contribution in [3.63, 3.8) is 0 Å². The number of aromatic hydroxyl groups is 1. The van der Waals surface area contributed by atoms with E-state index in [9.17, 15) is 33.9 Å². The van der Waals surface area contributed by atoms with Crippen molar-refractivity contribution in [3.05, 3.63) is 29.8 Å². The van der Waals surface area contributed by atoms with E-state index < -0.39 is 66.1 Å². The van der Waals surface area contributed by atoms with Crippen LogP contribution in [0.3, 0.4) is 0 Å². The van der Waals surface area contributed by atoms with Gasteiger partial charge >= 0.3 is 5.97 Å². The number of rotatable bonds is 15. The highest BCUT2D eigenvalue weighted by Crippen LogP contribution is 2.11. The molecule has 0 saturated heterocycles. The molecule has 36 heavy (non-hydrogen) atoms. The summed E-state index contributed by atoms with van der Waals surface area (Å²) in [5.74, 6) is -6.02. The van der Waals surface area contributed by atoms with Gasteiger partial charge in [-0.2, -0.15) is 12.6 Å². The minimum Gasteiger partial charge on any atom is -0.508 e. The quantitative estimate of drug-likeness (QED) is 0.105. The van der Waals surface area contributed by atoms with Gasteiger partial charge in [0.1, 0.15) is 23.9 Å². The highest BCUT2D eigenvalue weighted by atomic mass is 32.1. The summed E-state index contributed by atoms with van der Waals surface area (Å²) in [5, 5.41) is 25.3. The smallest absolute Gasteiger partial charge is 0.326 e. The van der Waals surface area contributed by atoms with Gasteiger partial charge in [-0.25, -0.2) is 4.79 Å². The predicted octanol–water partition coefficient (Wildman–Crippen LogP) is -3.13. The van der Waals surface area contributed by atoms with Gasteiger partial charge in [0.25, 0.3) is 0 Å². The van der Waals surface area contributed by atoms with Crippen LogP contribution in [0.5, 0.6) is 5.75 Å². The summed E-state index contributed by atoms with van der Waals surface area (Å²) in [6, 6.07) is 0.594. The lowest BCUT2D eigenvalue weighted by Crippen LogP contribution is -2.58. The normalized spacial score (nSPS) is 13.9. The third-order valence-corrected chi connectivity index (χ3v) is 5.24. The topological polar surface area (TPSA) is 257 Å². The summed E-state index contributed by atoms with van der Waals surface area (Å²) in [7, 11) is 0. The molecule has 1 aromatic rings. The number of aliphatic carboxylic acids is 1. The third kappa shape index (κ3) is 10.6. The maximum absolute atomic E-state index is 12.8. The zero-order valence-corrected chi connectivity index (χ0v) is 20.1. The minimum absolute atomic E-state index is 0.0343. The van der Waals surface area contributed by atoms with Crippen LogP contribution < -0.4 is 33.2 Å². The van der Waals surface area contributed by atoms with E-state index >= 15 is 0 Å². The van der Waals surface area contributed by atoms with Gasteiger partial charge in [0.2, 0.25) is 29.5 Å². The molecule has 0 radical (unpaired) electrons. The van der Waals surface area contributed by atoms with Crippen molar-refractivity contribution >= 4 is 48.1 Å². The first-order chi connectivity index (χ1) is 16.8. The highest BCUT2D eigenvalue weighted by molar-refractivity contribution is 7.80. The van der Waals surface area contributed by atoms with Crippen LogP contribution in [0.1, 0.15) is 24.8 Å². The van der Waals surface area contributed by atoms with Crippen LogP contribution in [0, 0.1) is 0 Å². The Bertz CT molecular complexity index is 974. The Kier molecular flexibility index (Phi) is 12.2. The molecule has 0 bridgehead atoms. The van der Waals surface area contributed by atoms with Crippen molar-refractivity contribution in [3.8, 4) is 5.75 Å². The molecule has 5 amide bonds. The van der Waals surface area contributed by atoms with Crippen LogP contribution in [0.4, 0.5) is 0 Å². The van der Waals surface area contributed by atoms with Gasteiger partial charge in [-0.15, -0.1) is 0 Å². The Morgan fingerprint density at radius 1 is 0.833 bits per heavy atom. The SMILES string of the molecule is NC(=O)CCC(NC(=O)C(N)Cc1ccc(O)cc1)C(=O)NC(CS)C(=O)NC(CC(N)=O)C(=O)O. The van der Waals surface area contributed by atoms with E-state index in [0.717, 1.165) is 0 Å². The Labute approximate surface area is 211 Å². The average molecular weight is 527 g/mol. The van der Waals surface area contributed by atoms with Crippen LogP contribution in [-0.2, 0) is 35.2 Å². The van der Waals surface area contributed by atoms with E-state index in [4.69, 9.17) is 22.3 Å². The summed E-state index contributed by atoms with van der Waals surface area (Å²) in [4.78, 5) is 71.4. The van der Waals surface area contributed by atoms with E-state index in [-0.39, 0.29) is 30.8 Å². The van der Waals surface area contributed by atoms with Crippen LogP contribution in [0.25, 0.3) is 0 Å². The van der Waals surface area contributed by atoms with Gasteiger partial charge in [-0.05, 0) is 30.5 Å². The molecule has 0 aliphatic heterocycles. The molecular formula is C21H30N6O8S.